The number of methoxy groups -OCH3 is 2. The van der Waals surface area contributed by atoms with Gasteiger partial charge in [0.15, 0.2) is 34.5 Å². The second kappa shape index (κ2) is 13.9. The van der Waals surface area contributed by atoms with Crippen LogP contribution in [0.5, 0.6) is 34.5 Å². The van der Waals surface area contributed by atoms with Gasteiger partial charge in [-0.1, -0.05) is 36.4 Å². The zero-order valence-electron chi connectivity index (χ0n) is 26.8. The van der Waals surface area contributed by atoms with Crippen LogP contribution in [-0.4, -0.2) is 44.4 Å². The molecule has 0 aromatic heterocycles. The van der Waals surface area contributed by atoms with E-state index < -0.39 is 12.2 Å². The summed E-state index contributed by atoms with van der Waals surface area (Å²) >= 11 is 0. The minimum atomic E-state index is -0.828. The first-order chi connectivity index (χ1) is 22.3. The summed E-state index contributed by atoms with van der Waals surface area (Å²) in [6.45, 7) is 4.50. The third-order valence-corrected chi connectivity index (χ3v) is 9.24. The predicted octanol–water partition coefficient (Wildman–Crippen LogP) is 7.33. The number of rotatable bonds is 12. The normalized spacial score (nSPS) is 18.2. The maximum Gasteiger partial charge on any atom is 0.231 e. The van der Waals surface area contributed by atoms with E-state index in [0.717, 1.165) is 30.4 Å². The van der Waals surface area contributed by atoms with Crippen molar-refractivity contribution in [1.29, 1.82) is 0 Å². The van der Waals surface area contributed by atoms with Crippen LogP contribution in [0.2, 0.25) is 0 Å². The molecule has 1 fully saturated rings. The largest absolute Gasteiger partial charge is 0.493 e. The van der Waals surface area contributed by atoms with Crippen LogP contribution in [0.15, 0.2) is 72.8 Å². The molecule has 4 aromatic rings. The van der Waals surface area contributed by atoms with Gasteiger partial charge in [0.05, 0.1) is 14.2 Å². The first kappa shape index (κ1) is 31.6. The van der Waals surface area contributed by atoms with E-state index in [-0.39, 0.29) is 20.0 Å². The summed E-state index contributed by atoms with van der Waals surface area (Å²) < 4.78 is 34.2. The first-order valence-corrected chi connectivity index (χ1v) is 15.8. The van der Waals surface area contributed by atoms with E-state index in [9.17, 15) is 10.2 Å². The molecule has 0 bridgehead atoms. The molecule has 8 heteroatoms. The zero-order chi connectivity index (χ0) is 32.2. The Kier molecular flexibility index (Phi) is 9.56. The van der Waals surface area contributed by atoms with Crippen molar-refractivity contribution in [3.8, 4) is 34.5 Å². The molecule has 1 aliphatic heterocycles. The number of hydrogen-bond acceptors (Lipinski definition) is 8. The van der Waals surface area contributed by atoms with Crippen molar-refractivity contribution < 1.29 is 38.6 Å². The van der Waals surface area contributed by atoms with Gasteiger partial charge in [0.25, 0.3) is 0 Å². The Morgan fingerprint density at radius 1 is 0.630 bits per heavy atom. The molecule has 0 radical (unpaired) electrons. The van der Waals surface area contributed by atoms with Crippen molar-refractivity contribution in [2.24, 2.45) is 0 Å². The van der Waals surface area contributed by atoms with Crippen LogP contribution >= 0.6 is 0 Å². The molecule has 242 valence electrons. The van der Waals surface area contributed by atoms with Gasteiger partial charge in [-0.05, 0) is 115 Å². The molecule has 1 heterocycles. The molecule has 6 rings (SSSR count). The van der Waals surface area contributed by atoms with Gasteiger partial charge in [-0.3, -0.25) is 0 Å². The molecule has 46 heavy (non-hydrogen) atoms. The minimum Gasteiger partial charge on any atom is -0.493 e. The number of fused-ring (bicyclic) bond motifs is 1. The summed E-state index contributed by atoms with van der Waals surface area (Å²) in [5.74, 6) is 4.57. The highest BCUT2D eigenvalue weighted by molar-refractivity contribution is 5.47. The predicted molar refractivity (Wildman–Crippen MR) is 175 cm³/mol. The van der Waals surface area contributed by atoms with Gasteiger partial charge in [-0.15, -0.1) is 0 Å². The van der Waals surface area contributed by atoms with Crippen LogP contribution in [-0.2, 0) is 0 Å². The molecule has 8 nitrogen and oxygen atoms in total. The van der Waals surface area contributed by atoms with Crippen molar-refractivity contribution >= 4 is 0 Å². The smallest absolute Gasteiger partial charge is 0.231 e. The topological polar surface area (TPSA) is 95.8 Å². The van der Waals surface area contributed by atoms with E-state index in [1.807, 2.05) is 49.4 Å². The minimum absolute atomic E-state index is 0.0764. The van der Waals surface area contributed by atoms with Gasteiger partial charge < -0.3 is 38.6 Å². The van der Waals surface area contributed by atoms with E-state index >= 15 is 0 Å². The van der Waals surface area contributed by atoms with Crippen LogP contribution in [0, 0.1) is 13.8 Å². The Labute approximate surface area is 270 Å². The molecule has 2 aliphatic rings. The highest BCUT2D eigenvalue weighted by Crippen LogP contribution is 2.46. The van der Waals surface area contributed by atoms with Crippen molar-refractivity contribution in [3.63, 3.8) is 0 Å². The molecule has 0 saturated heterocycles. The van der Waals surface area contributed by atoms with Crippen LogP contribution in [0.4, 0.5) is 0 Å². The van der Waals surface area contributed by atoms with Gasteiger partial charge in [-0.25, -0.2) is 0 Å². The zero-order valence-corrected chi connectivity index (χ0v) is 26.8. The van der Waals surface area contributed by atoms with Gasteiger partial charge in [-0.2, -0.15) is 0 Å². The standard InChI is InChI=1S/C38H42O8/c1-23-5-6-29(15-24(23)2)31(39)20-43-33-12-9-27(17-36(33)41-3)25-7-8-26(16-25)28-10-13-34(37(18-28)42-4)44-21-32(40)30-11-14-35-38(19-30)46-22-45-35/h5-6,9-15,17-19,25-26,31-32,39-40H,7-8,16,20-22H2,1-4H3. The van der Waals surface area contributed by atoms with E-state index in [0.29, 0.717) is 51.9 Å². The van der Waals surface area contributed by atoms with E-state index in [4.69, 9.17) is 28.4 Å². The number of aliphatic hydroxyl groups is 2. The van der Waals surface area contributed by atoms with Gasteiger partial charge >= 0.3 is 0 Å². The Morgan fingerprint density at radius 2 is 1.17 bits per heavy atom. The monoisotopic (exact) mass is 626 g/mol. The third-order valence-electron chi connectivity index (χ3n) is 9.24. The Balaban J connectivity index is 1.06. The number of aliphatic hydroxyl groups excluding tert-OH is 2. The molecule has 1 saturated carbocycles. The lowest BCUT2D eigenvalue weighted by molar-refractivity contribution is 0.106. The summed E-state index contributed by atoms with van der Waals surface area (Å²) in [6, 6.07) is 23.5. The van der Waals surface area contributed by atoms with E-state index in [1.54, 1.807) is 26.4 Å². The molecule has 0 spiro atoms. The third kappa shape index (κ3) is 6.88. The highest BCUT2D eigenvalue weighted by Gasteiger charge is 2.29. The maximum atomic E-state index is 10.7. The lowest BCUT2D eigenvalue weighted by atomic mass is 9.92. The second-order valence-electron chi connectivity index (χ2n) is 12.1. The first-order valence-electron chi connectivity index (χ1n) is 15.8. The molecule has 1 aliphatic carbocycles. The van der Waals surface area contributed by atoms with Gasteiger partial charge in [0.1, 0.15) is 25.4 Å². The van der Waals surface area contributed by atoms with Crippen LogP contribution in [0.3, 0.4) is 0 Å². The average Bonchev–Trinajstić information content (AvgIpc) is 3.77. The Morgan fingerprint density at radius 3 is 1.74 bits per heavy atom. The molecule has 2 N–H and O–H groups in total. The van der Waals surface area contributed by atoms with Crippen molar-refractivity contribution in [1.82, 2.24) is 0 Å². The fraction of sp³-hybridized carbons (Fsp3) is 0.368. The lowest BCUT2D eigenvalue weighted by Crippen LogP contribution is -2.11. The van der Waals surface area contributed by atoms with E-state index in [1.165, 1.54) is 16.7 Å². The van der Waals surface area contributed by atoms with Gasteiger partial charge in [0, 0.05) is 0 Å². The highest BCUT2D eigenvalue weighted by atomic mass is 16.7. The summed E-state index contributed by atoms with van der Waals surface area (Å²) in [5, 5.41) is 21.4. The molecule has 4 aromatic carbocycles. The molecular formula is C38H42O8. The summed E-state index contributed by atoms with van der Waals surface area (Å²) in [6.07, 6.45) is 1.56. The number of aryl methyl sites for hydroxylation is 2. The van der Waals surface area contributed by atoms with Crippen LogP contribution in [0.1, 0.15) is 76.7 Å². The lowest BCUT2D eigenvalue weighted by Gasteiger charge is -2.19. The molecule has 4 atom stereocenters. The quantitative estimate of drug-likeness (QED) is 0.169. The summed E-state index contributed by atoms with van der Waals surface area (Å²) in [5.41, 5.74) is 6.29. The van der Waals surface area contributed by atoms with Crippen LogP contribution in [0.25, 0.3) is 0 Å². The summed E-state index contributed by atoms with van der Waals surface area (Å²) in [7, 11) is 3.28. The van der Waals surface area contributed by atoms with Gasteiger partial charge in [0.2, 0.25) is 6.79 Å². The second-order valence-corrected chi connectivity index (χ2v) is 12.1. The average molecular weight is 627 g/mol. The molecular weight excluding hydrogens is 584 g/mol. The van der Waals surface area contributed by atoms with Crippen molar-refractivity contribution in [3.05, 3.63) is 106 Å². The Hall–Kier alpha value is -4.40. The fourth-order valence-corrected chi connectivity index (χ4v) is 6.32. The molecule has 0 amide bonds. The van der Waals surface area contributed by atoms with E-state index in [2.05, 4.69) is 25.1 Å². The maximum absolute atomic E-state index is 10.7. The van der Waals surface area contributed by atoms with Crippen molar-refractivity contribution in [2.45, 2.75) is 57.2 Å². The van der Waals surface area contributed by atoms with Crippen molar-refractivity contribution in [2.75, 3.05) is 34.2 Å². The molecule has 4 unspecified atom stereocenters. The Bertz CT molecular complexity index is 1670. The van der Waals surface area contributed by atoms with Crippen LogP contribution < -0.4 is 28.4 Å². The SMILES string of the molecule is COc1cc(C2CCC(c3ccc(OCC(O)c4ccc5c(c4)OCO5)c(OC)c3)C2)ccc1OCC(O)c1ccc(C)c(C)c1. The number of ether oxygens (including phenoxy) is 6. The summed E-state index contributed by atoms with van der Waals surface area (Å²) in [4.78, 5) is 0. The number of hydrogen-bond donors (Lipinski definition) is 2. The fourth-order valence-electron chi connectivity index (χ4n) is 6.32. The number of benzene rings is 4.